The molecule has 17 heavy (non-hydrogen) atoms. The van der Waals surface area contributed by atoms with E-state index in [9.17, 15) is 9.59 Å². The molecule has 1 N–H and O–H groups in total. The lowest BCUT2D eigenvalue weighted by Gasteiger charge is -2.11. The summed E-state index contributed by atoms with van der Waals surface area (Å²) < 4.78 is 2.64. The van der Waals surface area contributed by atoms with Crippen LogP contribution in [-0.2, 0) is 13.0 Å². The molecule has 1 aromatic heterocycles. The molecule has 1 aromatic rings. The maximum absolute atomic E-state index is 12.0. The van der Waals surface area contributed by atoms with Crippen LogP contribution in [0.3, 0.4) is 0 Å². The Morgan fingerprint density at radius 1 is 1.47 bits per heavy atom. The van der Waals surface area contributed by atoms with Gasteiger partial charge in [0.15, 0.2) is 0 Å². The fraction of sp³-hybridized carbons (Fsp3) is 0.600. The topological polar surface area (TPSA) is 80.7 Å². The summed E-state index contributed by atoms with van der Waals surface area (Å²) in [5.74, 6) is 0.483. The summed E-state index contributed by atoms with van der Waals surface area (Å²) >= 11 is 0. The van der Waals surface area contributed by atoms with Crippen molar-refractivity contribution in [3.63, 3.8) is 0 Å². The van der Waals surface area contributed by atoms with Crippen LogP contribution in [0.25, 0.3) is 0 Å². The number of hydrogen-bond donors (Lipinski definition) is 1. The maximum atomic E-state index is 12.0. The van der Waals surface area contributed by atoms with E-state index in [0.29, 0.717) is 30.9 Å². The largest absolute Gasteiger partial charge is 0.353 e. The van der Waals surface area contributed by atoms with Crippen LogP contribution in [0.4, 0.5) is 0 Å². The van der Waals surface area contributed by atoms with E-state index in [2.05, 4.69) is 4.98 Å². The van der Waals surface area contributed by atoms with Gasteiger partial charge in [0.05, 0.1) is 0 Å². The standard InChI is InChI=1S/C10H17N4O2P/c1-4-13-9(15)12-8(6-5-7(2)11)14(17-3)10(13)16/h11,17H,4-6H2,1-3H3. The van der Waals surface area contributed by atoms with Gasteiger partial charge in [-0.25, -0.2) is 14.2 Å². The fourth-order valence-electron chi connectivity index (χ4n) is 1.50. The minimum absolute atomic E-state index is 0.238. The van der Waals surface area contributed by atoms with Crippen molar-refractivity contribution in [2.45, 2.75) is 33.2 Å². The highest BCUT2D eigenvalue weighted by Crippen LogP contribution is 2.08. The Bertz CT molecular complexity index is 532. The summed E-state index contributed by atoms with van der Waals surface area (Å²) in [5.41, 5.74) is -0.277. The van der Waals surface area contributed by atoms with Crippen molar-refractivity contribution < 1.29 is 0 Å². The van der Waals surface area contributed by atoms with E-state index in [1.165, 1.54) is 4.34 Å². The zero-order valence-electron chi connectivity index (χ0n) is 10.3. The average Bonchev–Trinajstić information content (AvgIpc) is 2.26. The van der Waals surface area contributed by atoms with E-state index >= 15 is 0 Å². The van der Waals surface area contributed by atoms with Crippen molar-refractivity contribution in [3.05, 3.63) is 26.8 Å². The second kappa shape index (κ2) is 5.87. The summed E-state index contributed by atoms with van der Waals surface area (Å²) in [6.45, 7) is 5.65. The molecule has 94 valence electrons. The van der Waals surface area contributed by atoms with Gasteiger partial charge in [0.1, 0.15) is 5.82 Å². The Hall–Kier alpha value is -1.29. The van der Waals surface area contributed by atoms with Crippen molar-refractivity contribution in [2.24, 2.45) is 0 Å². The van der Waals surface area contributed by atoms with Crippen LogP contribution in [-0.4, -0.2) is 26.3 Å². The lowest BCUT2D eigenvalue weighted by molar-refractivity contribution is 0.610. The number of aryl methyl sites for hydroxylation is 1. The Labute approximate surface area is 101 Å². The molecule has 7 heteroatoms. The van der Waals surface area contributed by atoms with Crippen LogP contribution in [0, 0.1) is 5.41 Å². The molecule has 0 spiro atoms. The molecule has 0 saturated carbocycles. The third-order valence-corrected chi connectivity index (χ3v) is 3.30. The molecule has 0 aromatic carbocycles. The molecule has 1 rings (SSSR count). The minimum Gasteiger partial charge on any atom is -0.310 e. The molecule has 0 fully saturated rings. The Kier molecular flexibility index (Phi) is 4.75. The summed E-state index contributed by atoms with van der Waals surface area (Å²) in [7, 11) is 0.238. The summed E-state index contributed by atoms with van der Waals surface area (Å²) in [5, 5.41) is 7.36. The third kappa shape index (κ3) is 3.09. The molecule has 0 amide bonds. The predicted molar refractivity (Wildman–Crippen MR) is 69.8 cm³/mol. The lowest BCUT2D eigenvalue weighted by atomic mass is 10.2. The smallest absolute Gasteiger partial charge is 0.310 e. The normalized spacial score (nSPS) is 11.2. The van der Waals surface area contributed by atoms with Gasteiger partial charge >= 0.3 is 11.4 Å². The van der Waals surface area contributed by atoms with Gasteiger partial charge in [-0.1, -0.05) is 0 Å². The van der Waals surface area contributed by atoms with Gasteiger partial charge in [-0.15, -0.1) is 0 Å². The molecule has 6 nitrogen and oxygen atoms in total. The number of hydrogen-bond acceptors (Lipinski definition) is 4. The van der Waals surface area contributed by atoms with Crippen LogP contribution in [0.15, 0.2) is 9.59 Å². The van der Waals surface area contributed by atoms with Crippen molar-refractivity contribution >= 4 is 14.4 Å². The monoisotopic (exact) mass is 256 g/mol. The van der Waals surface area contributed by atoms with Crippen LogP contribution >= 0.6 is 8.73 Å². The first-order chi connectivity index (χ1) is 8.01. The van der Waals surface area contributed by atoms with E-state index in [0.717, 1.165) is 4.57 Å². The van der Waals surface area contributed by atoms with E-state index in [-0.39, 0.29) is 14.4 Å². The second-order valence-electron chi connectivity index (χ2n) is 3.68. The Morgan fingerprint density at radius 2 is 2.12 bits per heavy atom. The molecule has 1 unspecified atom stereocenters. The SMILES string of the molecule is CCn1c(=O)nc(CCC(C)=N)n(PC)c1=O. The number of rotatable bonds is 5. The summed E-state index contributed by atoms with van der Waals surface area (Å²) in [6, 6.07) is 0. The molecule has 0 saturated heterocycles. The van der Waals surface area contributed by atoms with Crippen molar-refractivity contribution in [1.82, 2.24) is 13.9 Å². The number of aromatic nitrogens is 3. The van der Waals surface area contributed by atoms with Crippen LogP contribution in [0.1, 0.15) is 26.1 Å². The molecule has 0 bridgehead atoms. The number of nitrogens with one attached hydrogen (secondary N) is 1. The minimum atomic E-state index is -0.496. The number of nitrogens with zero attached hydrogens (tertiary/aromatic N) is 3. The highest BCUT2D eigenvalue weighted by Gasteiger charge is 2.10. The highest BCUT2D eigenvalue weighted by molar-refractivity contribution is 7.35. The fourth-order valence-corrected chi connectivity index (χ4v) is 2.23. The van der Waals surface area contributed by atoms with Gasteiger partial charge in [0.2, 0.25) is 0 Å². The first-order valence-corrected chi connectivity index (χ1v) is 6.90. The van der Waals surface area contributed by atoms with Crippen molar-refractivity contribution in [2.75, 3.05) is 6.66 Å². The first-order valence-electron chi connectivity index (χ1n) is 5.45. The van der Waals surface area contributed by atoms with Crippen LogP contribution in [0.5, 0.6) is 0 Å². The zero-order chi connectivity index (χ0) is 13.0. The van der Waals surface area contributed by atoms with Gasteiger partial charge in [0, 0.05) is 18.7 Å². The average molecular weight is 256 g/mol. The van der Waals surface area contributed by atoms with Crippen molar-refractivity contribution in [1.29, 1.82) is 5.41 Å². The first kappa shape index (κ1) is 13.8. The van der Waals surface area contributed by atoms with E-state index in [1.54, 1.807) is 13.8 Å². The molecular weight excluding hydrogens is 239 g/mol. The van der Waals surface area contributed by atoms with Gasteiger partial charge in [-0.2, -0.15) is 4.98 Å². The van der Waals surface area contributed by atoms with Gasteiger partial charge in [0.25, 0.3) is 0 Å². The highest BCUT2D eigenvalue weighted by atomic mass is 31.1. The van der Waals surface area contributed by atoms with E-state index in [1.807, 2.05) is 6.66 Å². The zero-order valence-corrected chi connectivity index (χ0v) is 11.3. The third-order valence-electron chi connectivity index (χ3n) is 2.40. The molecule has 0 aliphatic rings. The molecule has 0 aliphatic heterocycles. The molecular formula is C10H17N4O2P. The molecule has 0 radical (unpaired) electrons. The van der Waals surface area contributed by atoms with Crippen molar-refractivity contribution in [3.8, 4) is 0 Å². The van der Waals surface area contributed by atoms with Gasteiger partial charge in [-0.3, -0.25) is 4.34 Å². The molecule has 1 atom stereocenters. The van der Waals surface area contributed by atoms with Gasteiger partial charge < -0.3 is 5.41 Å². The van der Waals surface area contributed by atoms with E-state index in [4.69, 9.17) is 5.41 Å². The van der Waals surface area contributed by atoms with Crippen LogP contribution in [0.2, 0.25) is 0 Å². The Morgan fingerprint density at radius 3 is 2.59 bits per heavy atom. The molecule has 1 heterocycles. The quantitative estimate of drug-likeness (QED) is 0.614. The Balaban J connectivity index is 3.27. The van der Waals surface area contributed by atoms with Gasteiger partial charge in [-0.05, 0) is 35.7 Å². The summed E-state index contributed by atoms with van der Waals surface area (Å²) in [6.07, 6.45) is 0.984. The van der Waals surface area contributed by atoms with E-state index < -0.39 is 5.69 Å². The second-order valence-corrected chi connectivity index (χ2v) is 4.57. The lowest BCUT2D eigenvalue weighted by Crippen LogP contribution is -2.41. The molecule has 0 aliphatic carbocycles. The predicted octanol–water partition coefficient (Wildman–Crippen LogP) is 0.469. The maximum Gasteiger partial charge on any atom is 0.353 e. The summed E-state index contributed by atoms with van der Waals surface area (Å²) in [4.78, 5) is 27.5. The van der Waals surface area contributed by atoms with Crippen LogP contribution < -0.4 is 11.4 Å².